The molecule has 4 aromatic rings. The van der Waals surface area contributed by atoms with Crippen LogP contribution in [0.25, 0.3) is 11.6 Å². The van der Waals surface area contributed by atoms with Gasteiger partial charge in [0.2, 0.25) is 0 Å². The number of thioether (sulfide) groups is 1. The van der Waals surface area contributed by atoms with Gasteiger partial charge in [-0.2, -0.15) is 5.10 Å². The number of hydrogen-bond acceptors (Lipinski definition) is 7. The van der Waals surface area contributed by atoms with Crippen LogP contribution >= 0.6 is 23.4 Å². The van der Waals surface area contributed by atoms with Gasteiger partial charge in [-0.05, 0) is 48.9 Å². The minimum Gasteiger partial charge on any atom is -0.467 e. The van der Waals surface area contributed by atoms with Crippen LogP contribution in [-0.2, 0) is 11.8 Å². The van der Waals surface area contributed by atoms with Crippen molar-refractivity contribution in [3.63, 3.8) is 0 Å². The second-order valence-electron chi connectivity index (χ2n) is 7.57. The third-order valence-corrected chi connectivity index (χ3v) is 6.77. The summed E-state index contributed by atoms with van der Waals surface area (Å²) in [5.41, 5.74) is 1.72. The predicted octanol–water partition coefficient (Wildman–Crippen LogP) is 5.18. The standard InChI is InChI=1S/C23H20ClN5O3S/c1-14(33-23-26-25-21(28(23)2)20-6-4-12-32-20)22(30)29-18(19-5-3-11-31-19)13-17(27-29)15-7-9-16(24)10-8-15/h3-12,14,18H,13H2,1-2H3. The van der Waals surface area contributed by atoms with E-state index in [1.807, 2.05) is 61.0 Å². The van der Waals surface area contributed by atoms with E-state index in [9.17, 15) is 4.79 Å². The largest absolute Gasteiger partial charge is 0.467 e. The number of furan rings is 2. The normalized spacial score (nSPS) is 16.8. The third kappa shape index (κ3) is 4.21. The summed E-state index contributed by atoms with van der Waals surface area (Å²) in [6.45, 7) is 1.84. The number of carbonyl (C=O) groups is 1. The van der Waals surface area contributed by atoms with Crippen LogP contribution in [0.2, 0.25) is 5.02 Å². The highest BCUT2D eigenvalue weighted by Gasteiger charge is 2.37. The van der Waals surface area contributed by atoms with Gasteiger partial charge in [-0.1, -0.05) is 35.5 Å². The number of amides is 1. The van der Waals surface area contributed by atoms with Gasteiger partial charge in [0.15, 0.2) is 16.7 Å². The summed E-state index contributed by atoms with van der Waals surface area (Å²) < 4.78 is 12.9. The van der Waals surface area contributed by atoms with Gasteiger partial charge in [-0.3, -0.25) is 4.79 Å². The van der Waals surface area contributed by atoms with E-state index in [1.165, 1.54) is 16.8 Å². The number of benzene rings is 1. The van der Waals surface area contributed by atoms with Crippen LogP contribution in [0.3, 0.4) is 0 Å². The molecule has 1 amide bonds. The Labute approximate surface area is 199 Å². The summed E-state index contributed by atoms with van der Waals surface area (Å²) in [5, 5.41) is 15.4. The molecule has 2 atom stereocenters. The highest BCUT2D eigenvalue weighted by atomic mass is 35.5. The molecule has 168 valence electrons. The lowest BCUT2D eigenvalue weighted by Crippen LogP contribution is -2.33. The lowest BCUT2D eigenvalue weighted by atomic mass is 10.0. The zero-order valence-corrected chi connectivity index (χ0v) is 19.5. The Morgan fingerprint density at radius 2 is 1.88 bits per heavy atom. The van der Waals surface area contributed by atoms with Gasteiger partial charge in [-0.25, -0.2) is 5.01 Å². The van der Waals surface area contributed by atoms with Crippen LogP contribution < -0.4 is 0 Å². The summed E-state index contributed by atoms with van der Waals surface area (Å²) >= 11 is 7.35. The van der Waals surface area contributed by atoms with E-state index in [-0.39, 0.29) is 11.9 Å². The Morgan fingerprint density at radius 1 is 1.12 bits per heavy atom. The van der Waals surface area contributed by atoms with Gasteiger partial charge < -0.3 is 13.4 Å². The van der Waals surface area contributed by atoms with Crippen LogP contribution in [0.15, 0.2) is 80.1 Å². The molecule has 4 heterocycles. The SMILES string of the molecule is CC(Sc1nnc(-c2ccco2)n1C)C(=O)N1N=C(c2ccc(Cl)cc2)CC1c1ccco1. The van der Waals surface area contributed by atoms with E-state index in [0.29, 0.717) is 33.9 Å². The summed E-state index contributed by atoms with van der Waals surface area (Å²) in [7, 11) is 1.84. The van der Waals surface area contributed by atoms with Crippen LogP contribution in [0.5, 0.6) is 0 Å². The molecule has 1 aliphatic heterocycles. The Balaban J connectivity index is 1.39. The van der Waals surface area contributed by atoms with Crippen LogP contribution in [0.1, 0.15) is 30.7 Å². The first-order valence-electron chi connectivity index (χ1n) is 10.3. The fourth-order valence-electron chi connectivity index (χ4n) is 3.67. The Bertz CT molecular complexity index is 1280. The number of halogens is 1. The highest BCUT2D eigenvalue weighted by molar-refractivity contribution is 8.00. The molecule has 0 saturated carbocycles. The van der Waals surface area contributed by atoms with Crippen molar-refractivity contribution in [1.82, 2.24) is 19.8 Å². The molecule has 33 heavy (non-hydrogen) atoms. The monoisotopic (exact) mass is 481 g/mol. The summed E-state index contributed by atoms with van der Waals surface area (Å²) in [6, 6.07) is 14.4. The Morgan fingerprint density at radius 3 is 2.58 bits per heavy atom. The summed E-state index contributed by atoms with van der Waals surface area (Å²) in [6.07, 6.45) is 3.73. The number of nitrogens with zero attached hydrogens (tertiary/aromatic N) is 5. The molecule has 0 spiro atoms. The Hall–Kier alpha value is -3.30. The van der Waals surface area contributed by atoms with Crippen LogP contribution in [0.4, 0.5) is 0 Å². The molecule has 0 radical (unpaired) electrons. The number of aromatic nitrogens is 3. The van der Waals surface area contributed by atoms with E-state index in [1.54, 1.807) is 18.6 Å². The summed E-state index contributed by atoms with van der Waals surface area (Å²) in [4.78, 5) is 13.5. The minimum absolute atomic E-state index is 0.145. The molecule has 1 aromatic carbocycles. The maximum Gasteiger partial charge on any atom is 0.256 e. The molecular weight excluding hydrogens is 462 g/mol. The van der Waals surface area contributed by atoms with Crippen molar-refractivity contribution in [2.45, 2.75) is 29.8 Å². The third-order valence-electron chi connectivity index (χ3n) is 5.39. The molecular formula is C23H20ClN5O3S. The number of rotatable bonds is 6. The lowest BCUT2D eigenvalue weighted by molar-refractivity contribution is -0.132. The number of hydrogen-bond donors (Lipinski definition) is 0. The molecule has 0 fully saturated rings. The zero-order chi connectivity index (χ0) is 22.9. The molecule has 3 aromatic heterocycles. The fraction of sp³-hybridized carbons (Fsp3) is 0.217. The molecule has 1 aliphatic rings. The number of hydrazone groups is 1. The van der Waals surface area contributed by atoms with Crippen molar-refractivity contribution in [3.8, 4) is 11.6 Å². The predicted molar refractivity (Wildman–Crippen MR) is 125 cm³/mol. The van der Waals surface area contributed by atoms with Gasteiger partial charge in [0.25, 0.3) is 5.91 Å². The van der Waals surface area contributed by atoms with Crippen molar-refractivity contribution >= 4 is 35.0 Å². The second-order valence-corrected chi connectivity index (χ2v) is 9.32. The molecule has 10 heteroatoms. The maximum atomic E-state index is 13.5. The van der Waals surface area contributed by atoms with Gasteiger partial charge in [0.05, 0.1) is 23.5 Å². The van der Waals surface area contributed by atoms with Gasteiger partial charge in [0, 0.05) is 18.5 Å². The Kier molecular flexibility index (Phi) is 5.82. The quantitative estimate of drug-likeness (QED) is 0.352. The van der Waals surface area contributed by atoms with Crippen LogP contribution in [-0.4, -0.2) is 36.6 Å². The van der Waals surface area contributed by atoms with Crippen molar-refractivity contribution in [1.29, 1.82) is 0 Å². The molecule has 5 rings (SSSR count). The van der Waals surface area contributed by atoms with Crippen molar-refractivity contribution < 1.29 is 13.6 Å². The maximum absolute atomic E-state index is 13.5. The first-order chi connectivity index (χ1) is 16.0. The molecule has 0 bridgehead atoms. The average Bonchev–Trinajstić information content (AvgIpc) is 3.61. The first-order valence-corrected chi connectivity index (χ1v) is 11.6. The molecule has 0 aliphatic carbocycles. The van der Waals surface area contributed by atoms with E-state index in [2.05, 4.69) is 15.3 Å². The zero-order valence-electron chi connectivity index (χ0n) is 17.9. The fourth-order valence-corrected chi connectivity index (χ4v) is 4.65. The molecule has 0 saturated heterocycles. The van der Waals surface area contributed by atoms with E-state index < -0.39 is 5.25 Å². The van der Waals surface area contributed by atoms with Gasteiger partial charge >= 0.3 is 0 Å². The second kappa shape index (κ2) is 8.92. The molecule has 2 unspecified atom stereocenters. The van der Waals surface area contributed by atoms with Crippen molar-refractivity contribution in [2.75, 3.05) is 0 Å². The van der Waals surface area contributed by atoms with Gasteiger partial charge in [-0.15, -0.1) is 10.2 Å². The van der Waals surface area contributed by atoms with E-state index in [0.717, 1.165) is 11.3 Å². The van der Waals surface area contributed by atoms with Gasteiger partial charge in [0.1, 0.15) is 11.8 Å². The molecule has 8 nitrogen and oxygen atoms in total. The van der Waals surface area contributed by atoms with E-state index in [4.69, 9.17) is 20.4 Å². The van der Waals surface area contributed by atoms with E-state index >= 15 is 0 Å². The molecule has 0 N–H and O–H groups in total. The summed E-state index contributed by atoms with van der Waals surface area (Å²) in [5.74, 6) is 1.75. The topological polar surface area (TPSA) is 89.7 Å². The smallest absolute Gasteiger partial charge is 0.256 e. The van der Waals surface area contributed by atoms with Crippen molar-refractivity contribution in [3.05, 3.63) is 77.4 Å². The number of carbonyl (C=O) groups excluding carboxylic acids is 1. The minimum atomic E-state index is -0.455. The first kappa shape index (κ1) is 21.5. The lowest BCUT2D eigenvalue weighted by Gasteiger charge is -2.22. The average molecular weight is 482 g/mol. The van der Waals surface area contributed by atoms with Crippen molar-refractivity contribution in [2.24, 2.45) is 12.1 Å². The highest BCUT2D eigenvalue weighted by Crippen LogP contribution is 2.36. The van der Waals surface area contributed by atoms with Crippen LogP contribution in [0, 0.1) is 0 Å².